The Morgan fingerprint density at radius 1 is 1.03 bits per heavy atom. The summed E-state index contributed by atoms with van der Waals surface area (Å²) in [5, 5.41) is 13.9. The molecule has 0 saturated heterocycles. The van der Waals surface area contributed by atoms with Gasteiger partial charge in [-0.15, -0.1) is 0 Å². The summed E-state index contributed by atoms with van der Waals surface area (Å²) in [7, 11) is 0. The third kappa shape index (κ3) is 6.50. The van der Waals surface area contributed by atoms with Crippen LogP contribution in [0.3, 0.4) is 0 Å². The maximum atomic E-state index is 12.5. The Morgan fingerprint density at radius 2 is 1.71 bits per heavy atom. The summed E-state index contributed by atoms with van der Waals surface area (Å²) in [6.07, 6.45) is 1.68. The van der Waals surface area contributed by atoms with Crippen molar-refractivity contribution in [3.63, 3.8) is 0 Å². The molecule has 184 valence electrons. The highest BCUT2D eigenvalue weighted by atomic mass is 16.6. The lowest BCUT2D eigenvalue weighted by Crippen LogP contribution is -2.31. The summed E-state index contributed by atoms with van der Waals surface area (Å²) in [6.45, 7) is 2.12. The fourth-order valence-electron chi connectivity index (χ4n) is 3.93. The molecule has 3 rings (SSSR count). The molecule has 0 bridgehead atoms. The first-order chi connectivity index (χ1) is 16.8. The number of nitrogens with zero attached hydrogens (tertiary/aromatic N) is 2. The number of benzene rings is 2. The third-order valence-corrected chi connectivity index (χ3v) is 5.66. The van der Waals surface area contributed by atoms with Crippen LogP contribution in [-0.4, -0.2) is 46.7 Å². The number of carbonyl (C=O) groups excluding carboxylic acids is 4. The van der Waals surface area contributed by atoms with E-state index in [1.54, 1.807) is 37.3 Å². The van der Waals surface area contributed by atoms with Crippen molar-refractivity contribution >= 4 is 29.4 Å². The first-order valence-electron chi connectivity index (χ1n) is 11.5. The molecule has 35 heavy (non-hydrogen) atoms. The highest BCUT2D eigenvalue weighted by molar-refractivity contribution is 6.21. The van der Waals surface area contributed by atoms with Gasteiger partial charge in [-0.05, 0) is 37.5 Å². The molecule has 0 aliphatic carbocycles. The third-order valence-electron chi connectivity index (χ3n) is 5.66. The van der Waals surface area contributed by atoms with E-state index in [2.05, 4.69) is 5.32 Å². The molecular formula is C25H27N3O7. The number of amides is 3. The van der Waals surface area contributed by atoms with E-state index >= 15 is 0 Å². The molecule has 0 fully saturated rings. The van der Waals surface area contributed by atoms with Gasteiger partial charge in [-0.25, -0.2) is 0 Å². The minimum atomic E-state index is -0.764. The smallest absolute Gasteiger partial charge is 0.308 e. The predicted molar refractivity (Wildman–Crippen MR) is 126 cm³/mol. The molecule has 1 aliphatic rings. The zero-order valence-electron chi connectivity index (χ0n) is 19.4. The van der Waals surface area contributed by atoms with E-state index in [9.17, 15) is 29.3 Å². The van der Waals surface area contributed by atoms with Gasteiger partial charge in [0.1, 0.15) is 0 Å². The number of unbranched alkanes of at least 4 members (excludes halogenated alkanes) is 2. The number of non-ortho nitro benzene ring substituents is 1. The first-order valence-corrected chi connectivity index (χ1v) is 11.5. The summed E-state index contributed by atoms with van der Waals surface area (Å²) in [5.74, 6) is -1.44. The molecule has 1 N–H and O–H groups in total. The lowest BCUT2D eigenvalue weighted by Gasteiger charge is -2.18. The van der Waals surface area contributed by atoms with E-state index in [1.807, 2.05) is 0 Å². The highest BCUT2D eigenvalue weighted by Crippen LogP contribution is 2.24. The summed E-state index contributed by atoms with van der Waals surface area (Å²) in [4.78, 5) is 61.1. The van der Waals surface area contributed by atoms with E-state index in [4.69, 9.17) is 4.74 Å². The number of fused-ring (bicyclic) bond motifs is 1. The predicted octanol–water partition coefficient (Wildman–Crippen LogP) is 3.56. The summed E-state index contributed by atoms with van der Waals surface area (Å²) in [6, 6.07) is 11.7. The van der Waals surface area contributed by atoms with Crippen LogP contribution in [0.15, 0.2) is 48.5 Å². The van der Waals surface area contributed by atoms with Gasteiger partial charge in [-0.1, -0.05) is 30.7 Å². The normalized spacial score (nSPS) is 13.3. The number of esters is 1. The van der Waals surface area contributed by atoms with Crippen LogP contribution in [0.2, 0.25) is 0 Å². The second-order valence-corrected chi connectivity index (χ2v) is 8.10. The molecule has 0 saturated carbocycles. The molecule has 0 unspecified atom stereocenters. The van der Waals surface area contributed by atoms with Crippen molar-refractivity contribution in [3.05, 3.63) is 75.3 Å². The molecule has 0 radical (unpaired) electrons. The van der Waals surface area contributed by atoms with Gasteiger partial charge < -0.3 is 10.1 Å². The minimum absolute atomic E-state index is 0.140. The lowest BCUT2D eigenvalue weighted by atomic mass is 10.0. The van der Waals surface area contributed by atoms with Crippen LogP contribution >= 0.6 is 0 Å². The molecular weight excluding hydrogens is 454 g/mol. The number of hydrogen-bond acceptors (Lipinski definition) is 7. The van der Waals surface area contributed by atoms with Gasteiger partial charge in [0, 0.05) is 25.1 Å². The number of nitro benzene ring substituents is 1. The van der Waals surface area contributed by atoms with Crippen LogP contribution in [0.5, 0.6) is 0 Å². The van der Waals surface area contributed by atoms with E-state index in [1.165, 1.54) is 23.1 Å². The SMILES string of the molecule is CCOC(=O)C[C@@H](NC(=O)CCCCCN1C(=O)c2ccccc2C1=O)c1cccc([N+](=O)[O-])c1. The van der Waals surface area contributed by atoms with Crippen molar-refractivity contribution in [2.75, 3.05) is 13.2 Å². The van der Waals surface area contributed by atoms with Crippen LogP contribution in [0.1, 0.15) is 71.3 Å². The zero-order valence-corrected chi connectivity index (χ0v) is 19.4. The summed E-state index contributed by atoms with van der Waals surface area (Å²) >= 11 is 0. The largest absolute Gasteiger partial charge is 0.466 e. The Morgan fingerprint density at radius 3 is 2.34 bits per heavy atom. The Hall–Kier alpha value is -4.08. The average Bonchev–Trinajstić information content (AvgIpc) is 3.08. The van der Waals surface area contributed by atoms with Crippen LogP contribution in [0.4, 0.5) is 5.69 Å². The molecule has 0 aromatic heterocycles. The summed E-state index contributed by atoms with van der Waals surface area (Å²) < 4.78 is 4.97. The molecule has 2 aromatic rings. The summed E-state index contributed by atoms with van der Waals surface area (Å²) in [5.41, 5.74) is 1.11. The van der Waals surface area contributed by atoms with E-state index in [-0.39, 0.29) is 49.4 Å². The van der Waals surface area contributed by atoms with Gasteiger partial charge in [0.05, 0.1) is 35.1 Å². The van der Waals surface area contributed by atoms with Crippen LogP contribution in [-0.2, 0) is 14.3 Å². The number of ether oxygens (including phenoxy) is 1. The number of nitrogens with one attached hydrogen (secondary N) is 1. The number of imide groups is 1. The first kappa shape index (κ1) is 25.5. The number of rotatable bonds is 12. The van der Waals surface area contributed by atoms with Gasteiger partial charge >= 0.3 is 5.97 Å². The lowest BCUT2D eigenvalue weighted by molar-refractivity contribution is -0.384. The van der Waals surface area contributed by atoms with E-state index < -0.39 is 16.9 Å². The molecule has 2 aromatic carbocycles. The molecule has 1 heterocycles. The van der Waals surface area contributed by atoms with Crippen LogP contribution in [0.25, 0.3) is 0 Å². The average molecular weight is 482 g/mol. The Labute approximate surface area is 202 Å². The van der Waals surface area contributed by atoms with Gasteiger partial charge in [0.15, 0.2) is 0 Å². The quantitative estimate of drug-likeness (QED) is 0.161. The van der Waals surface area contributed by atoms with Crippen molar-refractivity contribution < 1.29 is 28.8 Å². The monoisotopic (exact) mass is 481 g/mol. The van der Waals surface area contributed by atoms with Gasteiger partial charge in [0.25, 0.3) is 17.5 Å². The van der Waals surface area contributed by atoms with Crippen molar-refractivity contribution in [1.29, 1.82) is 0 Å². The van der Waals surface area contributed by atoms with Gasteiger partial charge in [-0.2, -0.15) is 0 Å². The molecule has 10 heteroatoms. The molecule has 3 amide bonds. The van der Waals surface area contributed by atoms with Crippen molar-refractivity contribution in [2.24, 2.45) is 0 Å². The number of carbonyl (C=O) groups is 4. The second kappa shape index (κ2) is 11.9. The molecule has 1 aliphatic heterocycles. The highest BCUT2D eigenvalue weighted by Gasteiger charge is 2.34. The number of hydrogen-bond donors (Lipinski definition) is 1. The fraction of sp³-hybridized carbons (Fsp3) is 0.360. The van der Waals surface area contributed by atoms with Crippen molar-refractivity contribution in [2.45, 2.75) is 45.1 Å². The zero-order chi connectivity index (χ0) is 25.4. The van der Waals surface area contributed by atoms with Crippen molar-refractivity contribution in [1.82, 2.24) is 10.2 Å². The maximum Gasteiger partial charge on any atom is 0.308 e. The fourth-order valence-corrected chi connectivity index (χ4v) is 3.93. The van der Waals surface area contributed by atoms with Gasteiger partial charge in [-0.3, -0.25) is 34.2 Å². The Kier molecular flexibility index (Phi) is 8.66. The second-order valence-electron chi connectivity index (χ2n) is 8.10. The number of nitro groups is 1. The van der Waals surface area contributed by atoms with Gasteiger partial charge in [0.2, 0.25) is 5.91 Å². The minimum Gasteiger partial charge on any atom is -0.466 e. The van der Waals surface area contributed by atoms with Crippen LogP contribution in [0, 0.1) is 10.1 Å². The van der Waals surface area contributed by atoms with E-state index in [0.717, 1.165) is 0 Å². The molecule has 0 spiro atoms. The molecule has 1 atom stereocenters. The molecule has 10 nitrogen and oxygen atoms in total. The van der Waals surface area contributed by atoms with E-state index in [0.29, 0.717) is 36.0 Å². The Bertz CT molecular complexity index is 1100. The van der Waals surface area contributed by atoms with Crippen molar-refractivity contribution in [3.8, 4) is 0 Å². The standard InChI is InChI=1S/C25H27N3O7/c1-2-35-23(30)16-21(17-9-8-10-18(15-17)28(33)34)26-22(29)13-4-3-7-14-27-24(31)19-11-5-6-12-20(19)25(27)32/h5-6,8-12,15,21H,2-4,7,13-14,16H2,1H3,(H,26,29)/t21-/m1/s1. The van der Waals surface area contributed by atoms with Crippen LogP contribution < -0.4 is 5.32 Å². The maximum absolute atomic E-state index is 12.5. The topological polar surface area (TPSA) is 136 Å². The Balaban J connectivity index is 1.50.